The van der Waals surface area contributed by atoms with E-state index in [0.717, 1.165) is 43.7 Å². The summed E-state index contributed by atoms with van der Waals surface area (Å²) in [6.07, 6.45) is 3.60. The average molecular weight is 247 g/mol. The fraction of sp³-hybridized carbons (Fsp3) is 0.500. The number of benzene rings is 1. The molecule has 3 N–H and O–H groups in total. The van der Waals surface area contributed by atoms with Crippen molar-refractivity contribution >= 4 is 17.3 Å². The van der Waals surface area contributed by atoms with Gasteiger partial charge < -0.3 is 16.0 Å². The minimum absolute atomic E-state index is 0.200. The fourth-order valence-electron chi connectivity index (χ4n) is 2.27. The summed E-state index contributed by atoms with van der Waals surface area (Å²) in [6, 6.07) is 6.22. The molecule has 0 atom stereocenters. The molecule has 1 aliphatic rings. The Morgan fingerprint density at radius 3 is 2.94 bits per heavy atom. The van der Waals surface area contributed by atoms with Crippen molar-refractivity contribution < 1.29 is 4.79 Å². The van der Waals surface area contributed by atoms with E-state index < -0.39 is 0 Å². The fourth-order valence-corrected chi connectivity index (χ4v) is 2.27. The number of rotatable bonds is 5. The number of carbonyl (C=O) groups is 1. The van der Waals surface area contributed by atoms with E-state index in [9.17, 15) is 4.79 Å². The second-order valence-corrected chi connectivity index (χ2v) is 4.72. The van der Waals surface area contributed by atoms with Crippen molar-refractivity contribution in [1.29, 1.82) is 0 Å². The average Bonchev–Trinajstić information content (AvgIpc) is 2.39. The number of carbonyl (C=O) groups excluding carboxylic acids is 1. The number of nitrogens with zero attached hydrogens (tertiary/aromatic N) is 1. The van der Waals surface area contributed by atoms with Gasteiger partial charge in [0.15, 0.2) is 0 Å². The lowest BCUT2D eigenvalue weighted by Gasteiger charge is -2.26. The second-order valence-electron chi connectivity index (χ2n) is 4.72. The van der Waals surface area contributed by atoms with Crippen LogP contribution in [0.1, 0.15) is 24.8 Å². The second kappa shape index (κ2) is 5.87. The molecule has 2 rings (SSSR count). The Bertz CT molecular complexity index is 431. The first kappa shape index (κ1) is 12.9. The Morgan fingerprint density at radius 2 is 2.17 bits per heavy atom. The molecule has 1 aliphatic heterocycles. The van der Waals surface area contributed by atoms with Crippen molar-refractivity contribution in [3.63, 3.8) is 0 Å². The van der Waals surface area contributed by atoms with Gasteiger partial charge in [-0.25, -0.2) is 0 Å². The maximum atomic E-state index is 11.6. The first-order valence-corrected chi connectivity index (χ1v) is 6.56. The van der Waals surface area contributed by atoms with E-state index in [1.165, 1.54) is 5.56 Å². The molecule has 1 aromatic rings. The van der Waals surface area contributed by atoms with Gasteiger partial charge in [-0.05, 0) is 49.6 Å². The highest BCUT2D eigenvalue weighted by molar-refractivity contribution is 5.96. The molecule has 18 heavy (non-hydrogen) atoms. The summed E-state index contributed by atoms with van der Waals surface area (Å²) in [5, 5.41) is 3.40. The highest BCUT2D eigenvalue weighted by Crippen LogP contribution is 2.29. The van der Waals surface area contributed by atoms with Crippen LogP contribution in [0.4, 0.5) is 11.4 Å². The van der Waals surface area contributed by atoms with Crippen molar-refractivity contribution in [2.24, 2.45) is 5.73 Å². The molecule has 0 saturated heterocycles. The molecule has 0 radical (unpaired) electrons. The Morgan fingerprint density at radius 1 is 1.33 bits per heavy atom. The topological polar surface area (TPSA) is 58.4 Å². The third-order valence-electron chi connectivity index (χ3n) is 3.38. The monoisotopic (exact) mass is 247 g/mol. The smallest absolute Gasteiger partial charge is 0.227 e. The molecule has 1 heterocycles. The lowest BCUT2D eigenvalue weighted by molar-refractivity contribution is -0.118. The van der Waals surface area contributed by atoms with Crippen LogP contribution in [0, 0.1) is 0 Å². The van der Waals surface area contributed by atoms with Crippen LogP contribution >= 0.6 is 0 Å². The molecule has 0 spiro atoms. The molecule has 0 aliphatic carbocycles. The number of nitrogens with one attached hydrogen (secondary N) is 1. The minimum atomic E-state index is 0.200. The minimum Gasteiger partial charge on any atom is -0.385 e. The van der Waals surface area contributed by atoms with Crippen molar-refractivity contribution in [1.82, 2.24) is 0 Å². The molecular formula is C14H21N3O. The van der Waals surface area contributed by atoms with Crippen LogP contribution in [0.25, 0.3) is 0 Å². The number of fused-ring (bicyclic) bond motifs is 1. The predicted octanol–water partition coefficient (Wildman–Crippen LogP) is 1.75. The number of nitrogens with two attached hydrogens (primary N) is 1. The first-order chi connectivity index (χ1) is 8.72. The van der Waals surface area contributed by atoms with Crippen LogP contribution in [0.15, 0.2) is 18.2 Å². The molecule has 0 fully saturated rings. The lowest BCUT2D eigenvalue weighted by Crippen LogP contribution is -2.31. The van der Waals surface area contributed by atoms with Crippen molar-refractivity contribution in [3.05, 3.63) is 23.8 Å². The molecule has 0 bridgehead atoms. The molecule has 0 unspecified atom stereocenters. The van der Waals surface area contributed by atoms with E-state index >= 15 is 0 Å². The molecule has 98 valence electrons. The van der Waals surface area contributed by atoms with Crippen molar-refractivity contribution in [2.75, 3.05) is 30.4 Å². The molecule has 0 aromatic heterocycles. The zero-order valence-corrected chi connectivity index (χ0v) is 10.9. The van der Waals surface area contributed by atoms with Gasteiger partial charge in [0, 0.05) is 31.4 Å². The maximum absolute atomic E-state index is 11.6. The zero-order chi connectivity index (χ0) is 13.0. The molecule has 1 aromatic carbocycles. The summed E-state index contributed by atoms with van der Waals surface area (Å²) >= 11 is 0. The summed E-state index contributed by atoms with van der Waals surface area (Å²) < 4.78 is 0. The van der Waals surface area contributed by atoms with Crippen molar-refractivity contribution in [3.8, 4) is 0 Å². The molecule has 4 nitrogen and oxygen atoms in total. The third-order valence-corrected chi connectivity index (χ3v) is 3.38. The van der Waals surface area contributed by atoms with Gasteiger partial charge >= 0.3 is 0 Å². The summed E-state index contributed by atoms with van der Waals surface area (Å²) in [5.41, 5.74) is 8.89. The van der Waals surface area contributed by atoms with Gasteiger partial charge in [-0.1, -0.05) is 0 Å². The van der Waals surface area contributed by atoms with Crippen LogP contribution in [0.3, 0.4) is 0 Å². The number of hydrogen-bond donors (Lipinski definition) is 2. The van der Waals surface area contributed by atoms with Crippen molar-refractivity contribution in [2.45, 2.75) is 25.7 Å². The Kier molecular flexibility index (Phi) is 4.20. The quantitative estimate of drug-likeness (QED) is 0.779. The normalized spacial score (nSPS) is 14.6. The Hall–Kier alpha value is -1.55. The summed E-state index contributed by atoms with van der Waals surface area (Å²) in [5.74, 6) is 0.200. The van der Waals surface area contributed by atoms with E-state index in [4.69, 9.17) is 5.73 Å². The van der Waals surface area contributed by atoms with Gasteiger partial charge in [-0.3, -0.25) is 4.79 Å². The zero-order valence-electron chi connectivity index (χ0n) is 10.9. The summed E-state index contributed by atoms with van der Waals surface area (Å²) in [6.45, 7) is 1.70. The van der Waals surface area contributed by atoms with E-state index in [-0.39, 0.29) is 5.91 Å². The molecular weight excluding hydrogens is 226 g/mol. The molecule has 0 saturated carbocycles. The maximum Gasteiger partial charge on any atom is 0.227 e. The standard InChI is InChI=1S/C14H21N3O/c1-17-13-6-5-12(16-9-3-2-8-15)10-11(13)4-7-14(17)18/h5-6,10,16H,2-4,7-9,15H2,1H3. The Balaban J connectivity index is 2.01. The number of amides is 1. The summed E-state index contributed by atoms with van der Waals surface area (Å²) in [4.78, 5) is 13.3. The number of aryl methyl sites for hydroxylation is 1. The van der Waals surface area contributed by atoms with Gasteiger partial charge in [-0.15, -0.1) is 0 Å². The van der Waals surface area contributed by atoms with Crippen LogP contribution in [0.5, 0.6) is 0 Å². The predicted molar refractivity (Wildman–Crippen MR) is 75.0 cm³/mol. The van der Waals surface area contributed by atoms with Crippen LogP contribution in [0.2, 0.25) is 0 Å². The summed E-state index contributed by atoms with van der Waals surface area (Å²) in [7, 11) is 1.84. The third kappa shape index (κ3) is 2.82. The van der Waals surface area contributed by atoms with E-state index in [2.05, 4.69) is 11.4 Å². The van der Waals surface area contributed by atoms with E-state index in [1.807, 2.05) is 19.2 Å². The molecule has 4 heteroatoms. The highest BCUT2D eigenvalue weighted by Gasteiger charge is 2.20. The lowest BCUT2D eigenvalue weighted by atomic mass is 10.0. The molecule has 1 amide bonds. The SMILES string of the molecule is CN1C(=O)CCc2cc(NCCCCN)ccc21. The van der Waals surface area contributed by atoms with Gasteiger partial charge in [0.1, 0.15) is 0 Å². The van der Waals surface area contributed by atoms with Gasteiger partial charge in [-0.2, -0.15) is 0 Å². The highest BCUT2D eigenvalue weighted by atomic mass is 16.2. The number of hydrogen-bond acceptors (Lipinski definition) is 3. The van der Waals surface area contributed by atoms with E-state index in [1.54, 1.807) is 4.90 Å². The Labute approximate surface area is 108 Å². The van der Waals surface area contributed by atoms with Gasteiger partial charge in [0.2, 0.25) is 5.91 Å². The number of unbranched alkanes of at least 4 members (excludes halogenated alkanes) is 1. The van der Waals surface area contributed by atoms with Crippen LogP contribution < -0.4 is 16.0 Å². The first-order valence-electron chi connectivity index (χ1n) is 6.56. The number of anilines is 2. The van der Waals surface area contributed by atoms with Gasteiger partial charge in [0.05, 0.1) is 0 Å². The van der Waals surface area contributed by atoms with Gasteiger partial charge in [0.25, 0.3) is 0 Å². The van der Waals surface area contributed by atoms with Crippen LogP contribution in [-0.4, -0.2) is 26.0 Å². The largest absolute Gasteiger partial charge is 0.385 e. The van der Waals surface area contributed by atoms with Crippen LogP contribution in [-0.2, 0) is 11.2 Å². The van der Waals surface area contributed by atoms with E-state index in [0.29, 0.717) is 6.42 Å².